The van der Waals surface area contributed by atoms with Gasteiger partial charge in [0.2, 0.25) is 0 Å². The van der Waals surface area contributed by atoms with Crippen molar-refractivity contribution in [2.75, 3.05) is 14.2 Å². The summed E-state index contributed by atoms with van der Waals surface area (Å²) < 4.78 is 25.4. The molecule has 2 aromatic rings. The molecule has 0 atom stereocenters. The van der Waals surface area contributed by atoms with Gasteiger partial charge < -0.3 is 9.47 Å². The first-order valence-electron chi connectivity index (χ1n) is 7.95. The zero-order valence-electron chi connectivity index (χ0n) is 14.8. The molecule has 146 valence electrons. The van der Waals surface area contributed by atoms with Crippen LogP contribution >= 0.6 is 46.0 Å². The quantitative estimate of drug-likeness (QED) is 0.384. The van der Waals surface area contributed by atoms with Gasteiger partial charge in [-0.2, -0.15) is 0 Å². The van der Waals surface area contributed by atoms with Gasteiger partial charge in [0.15, 0.2) is 11.5 Å². The maximum absolute atomic E-state index is 14.0. The van der Waals surface area contributed by atoms with Gasteiger partial charge in [-0.25, -0.2) is 4.39 Å². The van der Waals surface area contributed by atoms with Crippen LogP contribution in [0.15, 0.2) is 35.2 Å². The Morgan fingerprint density at radius 3 is 2.64 bits per heavy atom. The van der Waals surface area contributed by atoms with Crippen LogP contribution < -0.4 is 9.47 Å². The van der Waals surface area contributed by atoms with E-state index in [1.807, 2.05) is 6.07 Å². The molecule has 0 spiro atoms. The summed E-state index contributed by atoms with van der Waals surface area (Å²) in [5, 5.41) is -0.316. The van der Waals surface area contributed by atoms with Crippen LogP contribution in [0.25, 0.3) is 6.08 Å². The fourth-order valence-electron chi connectivity index (χ4n) is 2.65. The maximum Gasteiger partial charge on any atom is 0.293 e. The summed E-state index contributed by atoms with van der Waals surface area (Å²) >= 11 is 8.90. The molecule has 0 radical (unpaired) electrons. The number of imide groups is 1. The van der Waals surface area contributed by atoms with Gasteiger partial charge >= 0.3 is 0 Å². The molecule has 9 heteroatoms. The SMILES string of the molecule is COc1cc(/C=C2\SC(=O)N(Cc3c(F)cccc3Cl)C2=O)cc(I)c1OC. The number of thioether (sulfide) groups is 1. The lowest BCUT2D eigenvalue weighted by atomic mass is 10.1. The number of rotatable bonds is 5. The zero-order valence-corrected chi connectivity index (χ0v) is 18.5. The van der Waals surface area contributed by atoms with Crippen LogP contribution in [-0.4, -0.2) is 30.3 Å². The number of methoxy groups -OCH3 is 2. The monoisotopic (exact) mass is 533 g/mol. The van der Waals surface area contributed by atoms with Gasteiger partial charge in [0.1, 0.15) is 5.82 Å². The van der Waals surface area contributed by atoms with Gasteiger partial charge in [0.25, 0.3) is 11.1 Å². The second-order valence-electron chi connectivity index (χ2n) is 5.71. The summed E-state index contributed by atoms with van der Waals surface area (Å²) in [7, 11) is 3.06. The molecule has 0 N–H and O–H groups in total. The molecule has 0 saturated carbocycles. The standard InChI is InChI=1S/C19H14ClFINO4S/c1-26-15-7-10(6-14(22)17(15)27-2)8-16-18(24)23(19(25)28-16)9-11-12(20)4-3-5-13(11)21/h3-8H,9H2,1-2H3/b16-8-. The molecule has 1 fully saturated rings. The highest BCUT2D eigenvalue weighted by Gasteiger charge is 2.36. The van der Waals surface area contributed by atoms with Gasteiger partial charge in [-0.3, -0.25) is 14.5 Å². The Hall–Kier alpha value is -1.78. The smallest absolute Gasteiger partial charge is 0.293 e. The minimum Gasteiger partial charge on any atom is -0.493 e. The average Bonchev–Trinajstić information content (AvgIpc) is 2.91. The molecule has 2 aromatic carbocycles. The molecule has 28 heavy (non-hydrogen) atoms. The van der Waals surface area contributed by atoms with Crippen molar-refractivity contribution in [3.8, 4) is 11.5 Å². The van der Waals surface area contributed by atoms with E-state index in [-0.39, 0.29) is 22.0 Å². The lowest BCUT2D eigenvalue weighted by Crippen LogP contribution is -2.28. The highest BCUT2D eigenvalue weighted by molar-refractivity contribution is 14.1. The van der Waals surface area contributed by atoms with E-state index in [9.17, 15) is 14.0 Å². The third-order valence-electron chi connectivity index (χ3n) is 4.01. The Balaban J connectivity index is 1.90. The predicted octanol–water partition coefficient (Wildman–Crippen LogP) is 5.34. The molecule has 1 saturated heterocycles. The van der Waals surface area contributed by atoms with Crippen LogP contribution in [-0.2, 0) is 11.3 Å². The molecule has 0 bridgehead atoms. The summed E-state index contributed by atoms with van der Waals surface area (Å²) in [4.78, 5) is 26.2. The highest BCUT2D eigenvalue weighted by Crippen LogP contribution is 2.38. The lowest BCUT2D eigenvalue weighted by Gasteiger charge is -2.14. The molecule has 0 aliphatic carbocycles. The summed E-state index contributed by atoms with van der Waals surface area (Å²) in [5.41, 5.74) is 0.782. The van der Waals surface area contributed by atoms with Crippen molar-refractivity contribution in [1.29, 1.82) is 0 Å². The van der Waals surface area contributed by atoms with E-state index in [2.05, 4.69) is 22.6 Å². The molecule has 0 unspecified atom stereocenters. The van der Waals surface area contributed by atoms with E-state index in [1.165, 1.54) is 25.3 Å². The number of ether oxygens (including phenoxy) is 2. The van der Waals surface area contributed by atoms with Crippen LogP contribution in [0, 0.1) is 9.39 Å². The Morgan fingerprint density at radius 1 is 1.25 bits per heavy atom. The van der Waals surface area contributed by atoms with Crippen molar-refractivity contribution in [1.82, 2.24) is 4.90 Å². The first-order chi connectivity index (χ1) is 13.3. The van der Waals surface area contributed by atoms with E-state index in [0.717, 1.165) is 20.2 Å². The summed E-state index contributed by atoms with van der Waals surface area (Å²) in [6.07, 6.45) is 1.60. The molecule has 0 aromatic heterocycles. The number of carbonyl (C=O) groups is 2. The average molecular weight is 534 g/mol. The Morgan fingerprint density at radius 2 is 2.00 bits per heavy atom. The molecule has 1 heterocycles. The second kappa shape index (κ2) is 8.71. The summed E-state index contributed by atoms with van der Waals surface area (Å²) in [6, 6.07) is 7.74. The topological polar surface area (TPSA) is 55.8 Å². The fourth-order valence-corrected chi connectivity index (χ4v) is 4.56. The zero-order chi connectivity index (χ0) is 20.4. The third kappa shape index (κ3) is 4.13. The van der Waals surface area contributed by atoms with E-state index in [4.69, 9.17) is 21.1 Å². The number of hydrogen-bond acceptors (Lipinski definition) is 5. The van der Waals surface area contributed by atoms with Crippen LogP contribution in [0.1, 0.15) is 11.1 Å². The van der Waals surface area contributed by atoms with E-state index >= 15 is 0 Å². The summed E-state index contributed by atoms with van der Waals surface area (Å²) in [5.74, 6) is 0.0321. The Labute approximate surface area is 184 Å². The number of halogens is 3. The number of nitrogens with zero attached hydrogens (tertiary/aromatic N) is 1. The van der Waals surface area contributed by atoms with Gasteiger partial charge in [-0.1, -0.05) is 17.7 Å². The van der Waals surface area contributed by atoms with Crippen molar-refractivity contribution in [2.24, 2.45) is 0 Å². The fraction of sp³-hybridized carbons (Fsp3) is 0.158. The van der Waals surface area contributed by atoms with Gasteiger partial charge in [-0.15, -0.1) is 0 Å². The highest BCUT2D eigenvalue weighted by atomic mass is 127. The molecule has 5 nitrogen and oxygen atoms in total. The minimum atomic E-state index is -0.565. The molecular weight excluding hydrogens is 520 g/mol. The first kappa shape index (κ1) is 20.9. The number of hydrogen-bond donors (Lipinski definition) is 0. The van der Waals surface area contributed by atoms with Crippen LogP contribution in [0.5, 0.6) is 11.5 Å². The second-order valence-corrected chi connectivity index (χ2v) is 8.27. The van der Waals surface area contributed by atoms with Crippen molar-refractivity contribution >= 4 is 63.2 Å². The Bertz CT molecular complexity index is 978. The van der Waals surface area contributed by atoms with Crippen molar-refractivity contribution in [2.45, 2.75) is 6.54 Å². The van der Waals surface area contributed by atoms with Crippen LogP contribution in [0.3, 0.4) is 0 Å². The van der Waals surface area contributed by atoms with Gasteiger partial charge in [0, 0.05) is 10.6 Å². The van der Waals surface area contributed by atoms with Crippen molar-refractivity contribution in [3.63, 3.8) is 0 Å². The normalized spacial score (nSPS) is 15.5. The van der Waals surface area contributed by atoms with Gasteiger partial charge in [-0.05, 0) is 70.3 Å². The third-order valence-corrected chi connectivity index (χ3v) is 6.07. The Kier molecular flexibility index (Phi) is 6.51. The lowest BCUT2D eigenvalue weighted by molar-refractivity contribution is -0.123. The van der Waals surface area contributed by atoms with Crippen molar-refractivity contribution in [3.05, 3.63) is 60.8 Å². The number of amides is 2. The molecule has 1 aliphatic rings. The van der Waals surface area contributed by atoms with E-state index < -0.39 is 17.0 Å². The summed E-state index contributed by atoms with van der Waals surface area (Å²) in [6.45, 7) is -0.225. The first-order valence-corrected chi connectivity index (χ1v) is 10.2. The van der Waals surface area contributed by atoms with E-state index in [0.29, 0.717) is 17.1 Å². The molecule has 1 aliphatic heterocycles. The molecule has 3 rings (SSSR count). The molecule has 2 amide bonds. The van der Waals surface area contributed by atoms with Crippen LogP contribution in [0.4, 0.5) is 9.18 Å². The maximum atomic E-state index is 14.0. The van der Waals surface area contributed by atoms with Gasteiger partial charge in [0.05, 0.1) is 29.2 Å². The largest absolute Gasteiger partial charge is 0.493 e. The molecular formula is C19H14ClFINO4S. The van der Waals surface area contributed by atoms with E-state index in [1.54, 1.807) is 19.3 Å². The number of carbonyl (C=O) groups excluding carboxylic acids is 2. The van der Waals surface area contributed by atoms with Crippen molar-refractivity contribution < 1.29 is 23.5 Å². The predicted molar refractivity (Wildman–Crippen MR) is 115 cm³/mol. The number of benzene rings is 2. The van der Waals surface area contributed by atoms with Crippen LogP contribution in [0.2, 0.25) is 5.02 Å². The minimum absolute atomic E-state index is 0.105.